The smallest absolute Gasteiger partial charge is 0.322 e. The number of amides is 1. The number of hydrogen-bond acceptors (Lipinski definition) is 4. The fourth-order valence-corrected chi connectivity index (χ4v) is 1.78. The SMILES string of the molecule is COc1ccccc1CCN(C)CC(=O)NCC(=O)O.Cl. The second kappa shape index (κ2) is 10.0. The van der Waals surface area contributed by atoms with Gasteiger partial charge in [-0.1, -0.05) is 18.2 Å². The standard InChI is InChI=1S/C14H20N2O4.ClH/c1-16(10-13(17)15-9-14(18)19)8-7-11-5-3-4-6-12(11)20-2;/h3-6H,7-10H2,1-2H3,(H,15,17)(H,18,19);1H. The highest BCUT2D eigenvalue weighted by Gasteiger charge is 2.09. The van der Waals surface area contributed by atoms with Crippen LogP contribution in [-0.2, 0) is 16.0 Å². The van der Waals surface area contributed by atoms with Gasteiger partial charge in [-0.25, -0.2) is 0 Å². The zero-order valence-corrected chi connectivity index (χ0v) is 13.0. The number of carboxylic acid groups (broad SMARTS) is 1. The van der Waals surface area contributed by atoms with E-state index in [-0.39, 0.29) is 31.4 Å². The number of halogens is 1. The molecule has 0 saturated carbocycles. The second-order valence-electron chi connectivity index (χ2n) is 4.47. The topological polar surface area (TPSA) is 78.9 Å². The van der Waals surface area contributed by atoms with Crippen LogP contribution < -0.4 is 10.1 Å². The molecule has 1 amide bonds. The molecule has 6 nitrogen and oxygen atoms in total. The summed E-state index contributed by atoms with van der Waals surface area (Å²) >= 11 is 0. The van der Waals surface area contributed by atoms with E-state index < -0.39 is 5.97 Å². The highest BCUT2D eigenvalue weighted by atomic mass is 35.5. The van der Waals surface area contributed by atoms with Gasteiger partial charge in [0.25, 0.3) is 0 Å². The summed E-state index contributed by atoms with van der Waals surface area (Å²) in [4.78, 5) is 23.6. The molecule has 2 N–H and O–H groups in total. The van der Waals surface area contributed by atoms with Gasteiger partial charge in [-0.3, -0.25) is 14.5 Å². The number of carbonyl (C=O) groups excluding carboxylic acids is 1. The number of rotatable bonds is 8. The Labute approximate surface area is 130 Å². The van der Waals surface area contributed by atoms with Gasteiger partial charge in [0, 0.05) is 6.54 Å². The molecule has 0 radical (unpaired) electrons. The zero-order valence-electron chi connectivity index (χ0n) is 12.2. The first-order chi connectivity index (χ1) is 9.52. The summed E-state index contributed by atoms with van der Waals surface area (Å²) in [6.07, 6.45) is 0.757. The Kier molecular flexibility index (Phi) is 9.16. The monoisotopic (exact) mass is 316 g/mol. The summed E-state index contributed by atoms with van der Waals surface area (Å²) in [7, 11) is 3.44. The Morgan fingerprint density at radius 1 is 1.33 bits per heavy atom. The number of carboxylic acids is 1. The maximum Gasteiger partial charge on any atom is 0.322 e. The highest BCUT2D eigenvalue weighted by Crippen LogP contribution is 2.17. The Bertz CT molecular complexity index is 468. The zero-order chi connectivity index (χ0) is 15.0. The van der Waals surface area contributed by atoms with Crippen LogP contribution in [0.4, 0.5) is 0 Å². The van der Waals surface area contributed by atoms with E-state index >= 15 is 0 Å². The summed E-state index contributed by atoms with van der Waals surface area (Å²) in [5.41, 5.74) is 1.08. The van der Waals surface area contributed by atoms with Gasteiger partial charge in [0.15, 0.2) is 0 Å². The van der Waals surface area contributed by atoms with E-state index in [1.165, 1.54) is 0 Å². The molecule has 7 heteroatoms. The molecule has 0 aliphatic heterocycles. The number of ether oxygens (including phenoxy) is 1. The number of likely N-dealkylation sites (N-methyl/N-ethyl adjacent to an activating group) is 1. The lowest BCUT2D eigenvalue weighted by atomic mass is 10.1. The van der Waals surface area contributed by atoms with Crippen molar-refractivity contribution in [1.29, 1.82) is 0 Å². The van der Waals surface area contributed by atoms with E-state index in [1.807, 2.05) is 36.2 Å². The Morgan fingerprint density at radius 3 is 2.62 bits per heavy atom. The van der Waals surface area contributed by atoms with E-state index in [0.29, 0.717) is 6.54 Å². The number of para-hydroxylation sites is 1. The molecule has 118 valence electrons. The van der Waals surface area contributed by atoms with E-state index in [0.717, 1.165) is 17.7 Å². The molecule has 0 aromatic heterocycles. The Morgan fingerprint density at radius 2 is 2.00 bits per heavy atom. The number of nitrogens with one attached hydrogen (secondary N) is 1. The van der Waals surface area contributed by atoms with Crippen LogP contribution in [0, 0.1) is 0 Å². The number of methoxy groups -OCH3 is 1. The summed E-state index contributed by atoms with van der Waals surface area (Å²) < 4.78 is 5.26. The minimum absolute atomic E-state index is 0. The molecule has 1 aromatic carbocycles. The van der Waals surface area contributed by atoms with Crippen LogP contribution in [0.15, 0.2) is 24.3 Å². The molecular formula is C14H21ClN2O4. The third-order valence-corrected chi connectivity index (χ3v) is 2.81. The number of hydrogen-bond donors (Lipinski definition) is 2. The molecule has 0 fully saturated rings. The summed E-state index contributed by atoms with van der Waals surface area (Å²) in [5, 5.41) is 10.8. The fourth-order valence-electron chi connectivity index (χ4n) is 1.78. The molecule has 0 aliphatic carbocycles. The summed E-state index contributed by atoms with van der Waals surface area (Å²) in [6.45, 7) is 0.502. The predicted molar refractivity (Wildman–Crippen MR) is 82.1 cm³/mol. The van der Waals surface area contributed by atoms with Gasteiger partial charge in [0.2, 0.25) is 5.91 Å². The molecular weight excluding hydrogens is 296 g/mol. The highest BCUT2D eigenvalue weighted by molar-refractivity contribution is 5.85. The predicted octanol–water partition coefficient (Wildman–Crippen LogP) is 0.792. The van der Waals surface area contributed by atoms with Gasteiger partial charge < -0.3 is 15.2 Å². The maximum absolute atomic E-state index is 11.5. The van der Waals surface area contributed by atoms with E-state index in [2.05, 4.69) is 5.32 Å². The fraction of sp³-hybridized carbons (Fsp3) is 0.429. The van der Waals surface area contributed by atoms with Crippen molar-refractivity contribution in [2.45, 2.75) is 6.42 Å². The average Bonchev–Trinajstić information content (AvgIpc) is 2.43. The molecule has 0 unspecified atom stereocenters. The molecule has 0 heterocycles. The van der Waals surface area contributed by atoms with Gasteiger partial charge in [-0.05, 0) is 25.1 Å². The van der Waals surface area contributed by atoms with E-state index in [1.54, 1.807) is 7.11 Å². The van der Waals surface area contributed by atoms with Crippen molar-refractivity contribution in [3.05, 3.63) is 29.8 Å². The van der Waals surface area contributed by atoms with Gasteiger partial charge in [-0.15, -0.1) is 12.4 Å². The second-order valence-corrected chi connectivity index (χ2v) is 4.47. The van der Waals surface area contributed by atoms with Crippen LogP contribution in [0.5, 0.6) is 5.75 Å². The van der Waals surface area contributed by atoms with Crippen LogP contribution in [0.25, 0.3) is 0 Å². The first-order valence-corrected chi connectivity index (χ1v) is 6.32. The average molecular weight is 317 g/mol. The van der Waals surface area contributed by atoms with Crippen LogP contribution in [0.1, 0.15) is 5.56 Å². The van der Waals surface area contributed by atoms with Crippen LogP contribution >= 0.6 is 12.4 Å². The van der Waals surface area contributed by atoms with Gasteiger partial charge in [0.05, 0.1) is 13.7 Å². The van der Waals surface area contributed by atoms with Crippen molar-refractivity contribution in [3.8, 4) is 5.75 Å². The van der Waals surface area contributed by atoms with Crippen molar-refractivity contribution in [1.82, 2.24) is 10.2 Å². The molecule has 21 heavy (non-hydrogen) atoms. The lowest BCUT2D eigenvalue weighted by Gasteiger charge is -2.16. The van der Waals surface area contributed by atoms with Crippen LogP contribution in [-0.4, -0.2) is 55.7 Å². The number of aliphatic carboxylic acids is 1. The normalized spacial score (nSPS) is 9.86. The van der Waals surface area contributed by atoms with Crippen molar-refractivity contribution >= 4 is 24.3 Å². The largest absolute Gasteiger partial charge is 0.496 e. The molecule has 0 atom stereocenters. The minimum atomic E-state index is -1.05. The number of nitrogens with zero attached hydrogens (tertiary/aromatic N) is 1. The van der Waals surface area contributed by atoms with Gasteiger partial charge in [0.1, 0.15) is 12.3 Å². The summed E-state index contributed by atoms with van der Waals surface area (Å²) in [5.74, 6) is -0.513. The van der Waals surface area contributed by atoms with Gasteiger partial charge in [-0.2, -0.15) is 0 Å². The first-order valence-electron chi connectivity index (χ1n) is 6.32. The molecule has 0 bridgehead atoms. The maximum atomic E-state index is 11.5. The number of carbonyl (C=O) groups is 2. The quantitative estimate of drug-likeness (QED) is 0.741. The lowest BCUT2D eigenvalue weighted by molar-refractivity contribution is -0.138. The number of benzene rings is 1. The third-order valence-electron chi connectivity index (χ3n) is 2.81. The van der Waals surface area contributed by atoms with Crippen LogP contribution in [0.2, 0.25) is 0 Å². The van der Waals surface area contributed by atoms with E-state index in [9.17, 15) is 9.59 Å². The van der Waals surface area contributed by atoms with Crippen LogP contribution in [0.3, 0.4) is 0 Å². The Hall–Kier alpha value is -1.79. The lowest BCUT2D eigenvalue weighted by Crippen LogP contribution is -2.38. The van der Waals surface area contributed by atoms with Crippen molar-refractivity contribution in [3.63, 3.8) is 0 Å². The van der Waals surface area contributed by atoms with Gasteiger partial charge >= 0.3 is 5.97 Å². The third kappa shape index (κ3) is 7.53. The van der Waals surface area contributed by atoms with Crippen molar-refractivity contribution in [2.75, 3.05) is 33.8 Å². The molecule has 0 saturated heterocycles. The molecule has 0 spiro atoms. The molecule has 0 aliphatic rings. The molecule has 1 rings (SSSR count). The molecule has 1 aromatic rings. The first kappa shape index (κ1) is 19.2. The summed E-state index contributed by atoms with van der Waals surface area (Å²) in [6, 6.07) is 7.73. The minimum Gasteiger partial charge on any atom is -0.496 e. The van der Waals surface area contributed by atoms with Crippen molar-refractivity contribution < 1.29 is 19.4 Å². The Balaban J connectivity index is 0.00000400. The van der Waals surface area contributed by atoms with Crippen molar-refractivity contribution in [2.24, 2.45) is 0 Å². The van der Waals surface area contributed by atoms with E-state index in [4.69, 9.17) is 9.84 Å².